The maximum atomic E-state index is 13.5. The van der Waals surface area contributed by atoms with Gasteiger partial charge in [0.2, 0.25) is 0 Å². The number of rotatable bonds is 7. The Balaban J connectivity index is 2.46. The van der Waals surface area contributed by atoms with E-state index in [-0.39, 0.29) is 18.5 Å². The minimum Gasteiger partial charge on any atom is -0.375 e. The minimum atomic E-state index is -2.46. The van der Waals surface area contributed by atoms with E-state index in [0.717, 1.165) is 0 Å². The summed E-state index contributed by atoms with van der Waals surface area (Å²) in [6, 6.07) is 6.17. The minimum absolute atomic E-state index is 0.171. The van der Waals surface area contributed by atoms with Gasteiger partial charge in [0.05, 0.1) is 0 Å². The molecule has 96 valence electrons. The van der Waals surface area contributed by atoms with Gasteiger partial charge in [0, 0.05) is 18.2 Å². The predicted molar refractivity (Wildman–Crippen MR) is 59.6 cm³/mol. The standard InChI is InChI=1S/C12H16F3NO/c1-16-11(6-7-17-8-12(14)15)9-4-2-3-5-10(9)13/h2-5,11-12,16H,6-8H2,1H3. The van der Waals surface area contributed by atoms with Crippen LogP contribution in [0.15, 0.2) is 24.3 Å². The van der Waals surface area contributed by atoms with E-state index in [2.05, 4.69) is 5.32 Å². The van der Waals surface area contributed by atoms with Crippen molar-refractivity contribution in [3.05, 3.63) is 35.6 Å². The highest BCUT2D eigenvalue weighted by atomic mass is 19.3. The molecule has 0 spiro atoms. The van der Waals surface area contributed by atoms with Crippen LogP contribution in [0, 0.1) is 5.82 Å². The van der Waals surface area contributed by atoms with E-state index < -0.39 is 13.0 Å². The Morgan fingerprint density at radius 3 is 2.59 bits per heavy atom. The SMILES string of the molecule is CNC(CCOCC(F)F)c1ccccc1F. The van der Waals surface area contributed by atoms with Crippen molar-refractivity contribution >= 4 is 0 Å². The molecule has 2 nitrogen and oxygen atoms in total. The van der Waals surface area contributed by atoms with Crippen LogP contribution in [0.25, 0.3) is 0 Å². The fourth-order valence-electron chi connectivity index (χ4n) is 1.59. The summed E-state index contributed by atoms with van der Waals surface area (Å²) in [6.07, 6.45) is -2.01. The average Bonchev–Trinajstić information content (AvgIpc) is 2.30. The van der Waals surface area contributed by atoms with Gasteiger partial charge in [-0.3, -0.25) is 0 Å². The van der Waals surface area contributed by atoms with Crippen LogP contribution in [-0.2, 0) is 4.74 Å². The van der Waals surface area contributed by atoms with Crippen LogP contribution in [0.5, 0.6) is 0 Å². The zero-order valence-electron chi connectivity index (χ0n) is 9.63. The Hall–Kier alpha value is -1.07. The molecule has 0 aliphatic rings. The highest BCUT2D eigenvalue weighted by Gasteiger charge is 2.13. The van der Waals surface area contributed by atoms with Crippen LogP contribution in [0.2, 0.25) is 0 Å². The van der Waals surface area contributed by atoms with Crippen LogP contribution >= 0.6 is 0 Å². The molecule has 0 saturated carbocycles. The number of nitrogens with one attached hydrogen (secondary N) is 1. The second-order valence-electron chi connectivity index (χ2n) is 3.62. The topological polar surface area (TPSA) is 21.3 Å². The first-order chi connectivity index (χ1) is 8.15. The molecule has 0 aliphatic heterocycles. The van der Waals surface area contributed by atoms with Crippen molar-refractivity contribution in [2.75, 3.05) is 20.3 Å². The summed E-state index contributed by atoms with van der Waals surface area (Å²) in [4.78, 5) is 0. The van der Waals surface area contributed by atoms with Crippen molar-refractivity contribution in [2.24, 2.45) is 0 Å². The summed E-state index contributed by atoms with van der Waals surface area (Å²) < 4.78 is 41.9. The third-order valence-electron chi connectivity index (χ3n) is 2.42. The summed E-state index contributed by atoms with van der Waals surface area (Å²) in [5, 5.41) is 2.94. The van der Waals surface area contributed by atoms with Crippen molar-refractivity contribution in [2.45, 2.75) is 18.9 Å². The molecule has 1 aromatic rings. The summed E-state index contributed by atoms with van der Waals surface area (Å²) in [5.41, 5.74) is 0.524. The second kappa shape index (κ2) is 7.29. The van der Waals surface area contributed by atoms with Gasteiger partial charge in [-0.1, -0.05) is 18.2 Å². The fourth-order valence-corrected chi connectivity index (χ4v) is 1.59. The van der Waals surface area contributed by atoms with E-state index in [0.29, 0.717) is 12.0 Å². The van der Waals surface area contributed by atoms with Crippen molar-refractivity contribution in [3.63, 3.8) is 0 Å². The molecule has 1 rings (SSSR count). The summed E-state index contributed by atoms with van der Waals surface area (Å²) in [7, 11) is 1.70. The third-order valence-corrected chi connectivity index (χ3v) is 2.42. The maximum absolute atomic E-state index is 13.5. The van der Waals surface area contributed by atoms with Crippen molar-refractivity contribution in [1.82, 2.24) is 5.32 Å². The third kappa shape index (κ3) is 4.75. The Labute approximate surface area is 98.8 Å². The van der Waals surface area contributed by atoms with Crippen LogP contribution in [0.4, 0.5) is 13.2 Å². The van der Waals surface area contributed by atoms with Gasteiger partial charge in [-0.25, -0.2) is 13.2 Å². The largest absolute Gasteiger partial charge is 0.375 e. The highest BCUT2D eigenvalue weighted by Crippen LogP contribution is 2.19. The summed E-state index contributed by atoms with van der Waals surface area (Å²) in [6.45, 7) is -0.405. The Morgan fingerprint density at radius 2 is 2.00 bits per heavy atom. The normalized spacial score (nSPS) is 13.0. The molecule has 5 heteroatoms. The molecule has 1 aromatic carbocycles. The molecule has 1 N–H and O–H groups in total. The molecule has 0 amide bonds. The van der Waals surface area contributed by atoms with Gasteiger partial charge in [0.1, 0.15) is 12.4 Å². The molecule has 0 radical (unpaired) electrons. The first-order valence-corrected chi connectivity index (χ1v) is 5.42. The van der Waals surface area contributed by atoms with E-state index >= 15 is 0 Å². The van der Waals surface area contributed by atoms with Gasteiger partial charge < -0.3 is 10.1 Å². The Kier molecular flexibility index (Phi) is 6.00. The van der Waals surface area contributed by atoms with Crippen LogP contribution in [0.3, 0.4) is 0 Å². The zero-order valence-corrected chi connectivity index (χ0v) is 9.63. The number of benzene rings is 1. The van der Waals surface area contributed by atoms with Gasteiger partial charge >= 0.3 is 0 Å². The van der Waals surface area contributed by atoms with Gasteiger partial charge in [0.15, 0.2) is 0 Å². The first kappa shape index (κ1) is 14.0. The lowest BCUT2D eigenvalue weighted by atomic mass is 10.0. The van der Waals surface area contributed by atoms with Crippen molar-refractivity contribution in [1.29, 1.82) is 0 Å². The Bertz CT molecular complexity index is 333. The van der Waals surface area contributed by atoms with E-state index in [9.17, 15) is 13.2 Å². The molecule has 0 heterocycles. The molecule has 1 unspecified atom stereocenters. The number of ether oxygens (including phenoxy) is 1. The van der Waals surface area contributed by atoms with Gasteiger partial charge in [-0.15, -0.1) is 0 Å². The van der Waals surface area contributed by atoms with Crippen LogP contribution in [0.1, 0.15) is 18.0 Å². The van der Waals surface area contributed by atoms with Gasteiger partial charge in [0.25, 0.3) is 6.43 Å². The van der Waals surface area contributed by atoms with E-state index in [1.807, 2.05) is 0 Å². The predicted octanol–water partition coefficient (Wildman–Crippen LogP) is 2.76. The van der Waals surface area contributed by atoms with E-state index in [1.165, 1.54) is 6.07 Å². The highest BCUT2D eigenvalue weighted by molar-refractivity contribution is 5.21. The van der Waals surface area contributed by atoms with Crippen molar-refractivity contribution in [3.8, 4) is 0 Å². The van der Waals surface area contributed by atoms with Gasteiger partial charge in [-0.05, 0) is 19.5 Å². The molecular formula is C12H16F3NO. The second-order valence-corrected chi connectivity index (χ2v) is 3.62. The first-order valence-electron chi connectivity index (χ1n) is 5.42. The molecule has 0 saturated heterocycles. The maximum Gasteiger partial charge on any atom is 0.261 e. The number of hydrogen-bond donors (Lipinski definition) is 1. The summed E-state index contributed by atoms with van der Waals surface area (Å²) >= 11 is 0. The lowest BCUT2D eigenvalue weighted by Gasteiger charge is -2.17. The zero-order chi connectivity index (χ0) is 12.7. The number of halogens is 3. The van der Waals surface area contributed by atoms with Gasteiger partial charge in [-0.2, -0.15) is 0 Å². The smallest absolute Gasteiger partial charge is 0.261 e. The quantitative estimate of drug-likeness (QED) is 0.748. The molecule has 0 fully saturated rings. The molecule has 0 aliphatic carbocycles. The van der Waals surface area contributed by atoms with Crippen LogP contribution < -0.4 is 5.32 Å². The molecule has 1 atom stereocenters. The lowest BCUT2D eigenvalue weighted by molar-refractivity contribution is 0.0144. The number of hydrogen-bond acceptors (Lipinski definition) is 2. The lowest BCUT2D eigenvalue weighted by Crippen LogP contribution is -2.20. The summed E-state index contributed by atoms with van der Waals surface area (Å²) in [5.74, 6) is -0.305. The van der Waals surface area contributed by atoms with E-state index in [4.69, 9.17) is 4.74 Å². The monoisotopic (exact) mass is 247 g/mol. The van der Waals surface area contributed by atoms with Crippen molar-refractivity contribution < 1.29 is 17.9 Å². The van der Waals surface area contributed by atoms with Crippen LogP contribution in [-0.4, -0.2) is 26.7 Å². The molecule has 17 heavy (non-hydrogen) atoms. The van der Waals surface area contributed by atoms with E-state index in [1.54, 1.807) is 25.2 Å². The molecule has 0 bridgehead atoms. The molecule has 0 aromatic heterocycles. The Morgan fingerprint density at radius 1 is 1.29 bits per heavy atom. The average molecular weight is 247 g/mol. The molecular weight excluding hydrogens is 231 g/mol. The fraction of sp³-hybridized carbons (Fsp3) is 0.500. The number of alkyl halides is 2.